The molecule has 2 rings (SSSR count). The minimum Gasteiger partial charge on any atom is -0.500 e. The van der Waals surface area contributed by atoms with E-state index in [4.69, 9.17) is 4.74 Å². The molecule has 2 aliphatic rings. The maximum absolute atomic E-state index is 13.4. The van der Waals surface area contributed by atoms with Gasteiger partial charge < -0.3 is 4.74 Å². The van der Waals surface area contributed by atoms with Gasteiger partial charge in [-0.05, 0) is 43.4 Å². The number of ether oxygens (including phenoxy) is 1. The van der Waals surface area contributed by atoms with Crippen LogP contribution in [-0.4, -0.2) is 18.7 Å². The number of methoxy groups -OCH3 is 1. The van der Waals surface area contributed by atoms with Gasteiger partial charge in [0.1, 0.15) is 5.76 Å². The summed E-state index contributed by atoms with van der Waals surface area (Å²) in [5.74, 6) is 0.170. The highest BCUT2D eigenvalue weighted by molar-refractivity contribution is 6.16. The van der Waals surface area contributed by atoms with E-state index in [1.54, 1.807) is 12.2 Å². The molecule has 0 aromatic heterocycles. The molecule has 0 saturated heterocycles. The van der Waals surface area contributed by atoms with Crippen LogP contribution in [0.4, 0.5) is 0 Å². The van der Waals surface area contributed by atoms with Crippen molar-refractivity contribution in [1.29, 1.82) is 0 Å². The van der Waals surface area contributed by atoms with Crippen molar-refractivity contribution in [3.05, 3.63) is 49.8 Å². The zero-order valence-corrected chi connectivity index (χ0v) is 14.8. The van der Waals surface area contributed by atoms with Crippen LogP contribution in [0.5, 0.6) is 0 Å². The van der Waals surface area contributed by atoms with Gasteiger partial charge >= 0.3 is 0 Å². The van der Waals surface area contributed by atoms with Gasteiger partial charge in [-0.1, -0.05) is 25.2 Å². The van der Waals surface area contributed by atoms with Gasteiger partial charge in [0, 0.05) is 6.08 Å². The third-order valence-electron chi connectivity index (χ3n) is 6.02. The Labute approximate surface area is 145 Å². The van der Waals surface area contributed by atoms with Crippen molar-refractivity contribution in [1.82, 2.24) is 0 Å². The third kappa shape index (κ3) is 2.60. The summed E-state index contributed by atoms with van der Waals surface area (Å²) < 4.78 is 5.48. The molecule has 0 aromatic rings. The van der Waals surface area contributed by atoms with E-state index in [9.17, 15) is 9.59 Å². The molecule has 0 N–H and O–H groups in total. The van der Waals surface area contributed by atoms with Crippen LogP contribution in [0.25, 0.3) is 0 Å². The summed E-state index contributed by atoms with van der Waals surface area (Å²) in [6.07, 6.45) is 10.4. The van der Waals surface area contributed by atoms with Gasteiger partial charge in [-0.3, -0.25) is 9.59 Å². The average molecular weight is 328 g/mol. The highest BCUT2D eigenvalue weighted by Crippen LogP contribution is 2.59. The molecule has 2 aliphatic carbocycles. The van der Waals surface area contributed by atoms with Crippen LogP contribution >= 0.6 is 0 Å². The largest absolute Gasteiger partial charge is 0.500 e. The molecule has 3 heteroatoms. The molecule has 0 radical (unpaired) electrons. The number of ketones is 2. The average Bonchev–Trinajstić information content (AvgIpc) is 2.55. The van der Waals surface area contributed by atoms with E-state index in [2.05, 4.69) is 26.7 Å². The van der Waals surface area contributed by atoms with Crippen molar-refractivity contribution in [2.75, 3.05) is 7.11 Å². The van der Waals surface area contributed by atoms with E-state index < -0.39 is 11.3 Å². The van der Waals surface area contributed by atoms with Crippen LogP contribution < -0.4 is 0 Å². The second kappa shape index (κ2) is 6.92. The minimum atomic E-state index is -0.976. The first-order chi connectivity index (χ1) is 11.4. The molecular formula is C21H28O3. The van der Waals surface area contributed by atoms with Crippen molar-refractivity contribution >= 4 is 11.6 Å². The van der Waals surface area contributed by atoms with Gasteiger partial charge in [-0.15, -0.1) is 19.7 Å². The summed E-state index contributed by atoms with van der Waals surface area (Å²) in [7, 11) is 1.54. The molecule has 0 aliphatic heterocycles. The Morgan fingerprint density at radius 1 is 1.25 bits per heavy atom. The second-order valence-electron chi connectivity index (χ2n) is 7.25. The highest BCUT2D eigenvalue weighted by Gasteiger charge is 2.63. The third-order valence-corrected chi connectivity index (χ3v) is 6.02. The molecule has 2 bridgehead atoms. The maximum Gasteiger partial charge on any atom is 0.172 e. The lowest BCUT2D eigenvalue weighted by Gasteiger charge is -2.54. The molecule has 130 valence electrons. The molecule has 0 amide bonds. The van der Waals surface area contributed by atoms with Crippen LogP contribution in [0.15, 0.2) is 49.8 Å². The van der Waals surface area contributed by atoms with Crippen LogP contribution in [0, 0.1) is 22.7 Å². The Hall–Kier alpha value is -1.90. The summed E-state index contributed by atoms with van der Waals surface area (Å²) in [6, 6.07) is 0. The number of hydrogen-bond donors (Lipinski definition) is 0. The van der Waals surface area contributed by atoms with Crippen molar-refractivity contribution < 1.29 is 14.3 Å². The number of rotatable bonds is 8. The van der Waals surface area contributed by atoms with E-state index >= 15 is 0 Å². The molecule has 4 atom stereocenters. The SMILES string of the molecule is C=CCCC1(C)C(CC=C)CC2(CC=C)C(=O)C=C(OC)[C@@H]1C2=O. The lowest BCUT2D eigenvalue weighted by molar-refractivity contribution is -0.157. The molecule has 0 spiro atoms. The zero-order valence-electron chi connectivity index (χ0n) is 14.8. The Morgan fingerprint density at radius 3 is 2.50 bits per heavy atom. The lowest BCUT2D eigenvalue weighted by Crippen LogP contribution is -2.59. The number of carbonyl (C=O) groups is 2. The Kier molecular flexibility index (Phi) is 5.32. The fourth-order valence-corrected chi connectivity index (χ4v) is 4.62. The van der Waals surface area contributed by atoms with Gasteiger partial charge in [0.05, 0.1) is 18.4 Å². The molecule has 3 nitrogen and oxygen atoms in total. The predicted octanol–water partition coefficient (Wildman–Crippen LogP) is 4.42. The van der Waals surface area contributed by atoms with Crippen molar-refractivity contribution in [3.63, 3.8) is 0 Å². The zero-order chi connectivity index (χ0) is 18.0. The van der Waals surface area contributed by atoms with E-state index in [0.29, 0.717) is 18.6 Å². The predicted molar refractivity (Wildman–Crippen MR) is 96.3 cm³/mol. The topological polar surface area (TPSA) is 43.4 Å². The molecule has 0 heterocycles. The van der Waals surface area contributed by atoms with Gasteiger partial charge in [-0.2, -0.15) is 0 Å². The first kappa shape index (κ1) is 18.4. The molecule has 24 heavy (non-hydrogen) atoms. The summed E-state index contributed by atoms with van der Waals surface area (Å²) in [5.41, 5.74) is -1.25. The number of carbonyl (C=O) groups excluding carboxylic acids is 2. The highest BCUT2D eigenvalue weighted by atomic mass is 16.5. The second-order valence-corrected chi connectivity index (χ2v) is 7.25. The molecule has 1 fully saturated rings. The van der Waals surface area contributed by atoms with Crippen LogP contribution in [0.1, 0.15) is 39.0 Å². The van der Waals surface area contributed by atoms with Gasteiger partial charge in [0.2, 0.25) is 0 Å². The van der Waals surface area contributed by atoms with Crippen molar-refractivity contribution in [2.24, 2.45) is 22.7 Å². The Bertz CT molecular complexity index is 600. The normalized spacial score (nSPS) is 35.2. The van der Waals surface area contributed by atoms with E-state index in [0.717, 1.165) is 19.3 Å². The van der Waals surface area contributed by atoms with Gasteiger partial charge in [0.15, 0.2) is 11.6 Å². The van der Waals surface area contributed by atoms with Crippen LogP contribution in [-0.2, 0) is 14.3 Å². The fourth-order valence-electron chi connectivity index (χ4n) is 4.62. The van der Waals surface area contributed by atoms with Crippen molar-refractivity contribution in [2.45, 2.75) is 39.0 Å². The maximum atomic E-state index is 13.4. The smallest absolute Gasteiger partial charge is 0.172 e. The summed E-state index contributed by atoms with van der Waals surface area (Å²) in [4.78, 5) is 26.2. The number of fused-ring (bicyclic) bond motifs is 2. The first-order valence-corrected chi connectivity index (χ1v) is 8.58. The Morgan fingerprint density at radius 2 is 1.96 bits per heavy atom. The molecular weight excluding hydrogens is 300 g/mol. The van der Waals surface area contributed by atoms with E-state index in [-0.39, 0.29) is 22.9 Å². The monoisotopic (exact) mass is 328 g/mol. The van der Waals surface area contributed by atoms with Gasteiger partial charge in [-0.25, -0.2) is 0 Å². The van der Waals surface area contributed by atoms with Crippen molar-refractivity contribution in [3.8, 4) is 0 Å². The van der Waals surface area contributed by atoms with Crippen LogP contribution in [0.3, 0.4) is 0 Å². The van der Waals surface area contributed by atoms with Gasteiger partial charge in [0.25, 0.3) is 0 Å². The summed E-state index contributed by atoms with van der Waals surface area (Å²) in [6.45, 7) is 13.6. The molecule has 0 aromatic carbocycles. The first-order valence-electron chi connectivity index (χ1n) is 8.58. The number of Topliss-reactive ketones (excluding diaryl/α,β-unsaturated/α-hetero) is 1. The minimum absolute atomic E-state index is 0.00127. The quantitative estimate of drug-likeness (QED) is 0.489. The van der Waals surface area contributed by atoms with E-state index in [1.165, 1.54) is 7.11 Å². The molecule has 3 unspecified atom stereocenters. The fraction of sp³-hybridized carbons (Fsp3) is 0.524. The summed E-state index contributed by atoms with van der Waals surface area (Å²) >= 11 is 0. The Balaban J connectivity index is 2.63. The number of hydrogen-bond acceptors (Lipinski definition) is 3. The van der Waals surface area contributed by atoms with E-state index in [1.807, 2.05) is 12.2 Å². The molecule has 1 saturated carbocycles. The lowest BCUT2D eigenvalue weighted by atomic mass is 9.47. The standard InChI is InChI=1S/C21H28O3/c1-6-9-12-20(4)15(10-7-2)14-21(11-8-3)17(22)13-16(24-5)18(20)19(21)23/h6-8,13,15,18H,1-3,9-12,14H2,4-5H3/t15?,18-,20?,21?/m1/s1. The number of allylic oxidation sites excluding steroid dienone is 5. The van der Waals surface area contributed by atoms with Crippen LogP contribution in [0.2, 0.25) is 0 Å². The summed E-state index contributed by atoms with van der Waals surface area (Å²) in [5, 5.41) is 0.